The molecular weight excluding hydrogens is 350 g/mol. The number of anilines is 1. The number of aryl methyl sites for hydroxylation is 1. The topological polar surface area (TPSA) is 80.1 Å². The van der Waals surface area contributed by atoms with Gasteiger partial charge in [0.05, 0.1) is 23.2 Å². The first-order chi connectivity index (χ1) is 13.7. The molecule has 1 saturated carbocycles. The Morgan fingerprint density at radius 1 is 1.14 bits per heavy atom. The average Bonchev–Trinajstić information content (AvgIpc) is 3.52. The highest BCUT2D eigenvalue weighted by molar-refractivity contribution is 5.58. The van der Waals surface area contributed by atoms with Gasteiger partial charge in [-0.2, -0.15) is 10.4 Å². The van der Waals surface area contributed by atoms with Crippen LogP contribution in [0.5, 0.6) is 5.88 Å². The highest BCUT2D eigenvalue weighted by atomic mass is 16.5. The monoisotopic (exact) mass is 375 g/mol. The van der Waals surface area contributed by atoms with Crippen molar-refractivity contribution in [2.45, 2.75) is 51.0 Å². The van der Waals surface area contributed by atoms with E-state index in [2.05, 4.69) is 35.2 Å². The second kappa shape index (κ2) is 6.59. The van der Waals surface area contributed by atoms with Crippen molar-refractivity contribution in [1.82, 2.24) is 9.78 Å². The number of nitriles is 1. The van der Waals surface area contributed by atoms with Gasteiger partial charge in [0, 0.05) is 18.8 Å². The Kier molecular flexibility index (Phi) is 4.04. The summed E-state index contributed by atoms with van der Waals surface area (Å²) in [6.07, 6.45) is 6.05. The third kappa shape index (κ3) is 2.73. The van der Waals surface area contributed by atoms with Crippen LogP contribution in [0, 0.1) is 18.3 Å². The first-order valence-corrected chi connectivity index (χ1v) is 10.2. The Labute approximate surface area is 165 Å². The van der Waals surface area contributed by atoms with E-state index in [1.54, 1.807) is 0 Å². The van der Waals surface area contributed by atoms with Gasteiger partial charge in [-0.25, -0.2) is 4.68 Å². The van der Waals surface area contributed by atoms with E-state index in [9.17, 15) is 5.26 Å². The molecule has 1 aromatic heterocycles. The van der Waals surface area contributed by atoms with Crippen LogP contribution in [0.3, 0.4) is 0 Å². The summed E-state index contributed by atoms with van der Waals surface area (Å²) in [5, 5.41) is 14.5. The first-order valence-electron chi connectivity index (χ1n) is 10.2. The summed E-state index contributed by atoms with van der Waals surface area (Å²) >= 11 is 0. The molecule has 3 heterocycles. The Bertz CT molecular complexity index is 972. The van der Waals surface area contributed by atoms with Crippen molar-refractivity contribution in [3.05, 3.63) is 52.5 Å². The average molecular weight is 375 g/mol. The predicted octanol–water partition coefficient (Wildman–Crippen LogP) is 3.73. The smallest absolute Gasteiger partial charge is 0.224 e. The van der Waals surface area contributed by atoms with E-state index in [1.807, 2.05) is 11.6 Å². The molecule has 6 nitrogen and oxygen atoms in total. The Balaban J connectivity index is 1.56. The zero-order valence-electron chi connectivity index (χ0n) is 16.2. The van der Waals surface area contributed by atoms with Gasteiger partial charge in [0.15, 0.2) is 0 Å². The molecule has 2 N–H and O–H groups in total. The van der Waals surface area contributed by atoms with E-state index >= 15 is 0 Å². The van der Waals surface area contributed by atoms with Crippen molar-refractivity contribution in [1.29, 1.82) is 5.26 Å². The van der Waals surface area contributed by atoms with E-state index in [-0.39, 0.29) is 11.8 Å². The fraction of sp³-hybridized carbons (Fsp3) is 0.455. The maximum absolute atomic E-state index is 9.79. The summed E-state index contributed by atoms with van der Waals surface area (Å²) in [6.45, 7) is 4.22. The third-order valence-corrected chi connectivity index (χ3v) is 6.10. The quantitative estimate of drug-likeness (QED) is 0.884. The van der Waals surface area contributed by atoms with Crippen molar-refractivity contribution in [3.63, 3.8) is 0 Å². The summed E-state index contributed by atoms with van der Waals surface area (Å²) in [5.41, 5.74) is 10.8. The SMILES string of the molecule is Cc1nn(C2CC2)c2c1C(c1ccc(N3CCCCC3)cc1)C(C#N)=C(N)O2. The fourth-order valence-electron chi connectivity index (χ4n) is 4.47. The first kappa shape index (κ1) is 17.2. The Morgan fingerprint density at radius 3 is 2.50 bits per heavy atom. The van der Waals surface area contributed by atoms with Gasteiger partial charge in [0.25, 0.3) is 0 Å². The van der Waals surface area contributed by atoms with Crippen LogP contribution in [-0.4, -0.2) is 22.9 Å². The zero-order chi connectivity index (χ0) is 19.3. The molecule has 1 saturated heterocycles. The van der Waals surface area contributed by atoms with Crippen LogP contribution in [0.1, 0.15) is 60.9 Å². The molecule has 1 aliphatic carbocycles. The minimum atomic E-state index is -0.225. The normalized spacial score (nSPS) is 21.9. The lowest BCUT2D eigenvalue weighted by Crippen LogP contribution is -2.29. The molecule has 1 unspecified atom stereocenters. The van der Waals surface area contributed by atoms with E-state index in [0.717, 1.165) is 42.8 Å². The highest BCUT2D eigenvalue weighted by Crippen LogP contribution is 2.48. The second-order valence-electron chi connectivity index (χ2n) is 8.04. The van der Waals surface area contributed by atoms with Crippen molar-refractivity contribution < 1.29 is 4.74 Å². The predicted molar refractivity (Wildman–Crippen MR) is 107 cm³/mol. The number of fused-ring (bicyclic) bond motifs is 1. The van der Waals surface area contributed by atoms with Crippen LogP contribution < -0.4 is 15.4 Å². The van der Waals surface area contributed by atoms with Crippen LogP contribution in [0.25, 0.3) is 0 Å². The van der Waals surface area contributed by atoms with Gasteiger partial charge in [-0.15, -0.1) is 0 Å². The number of hydrogen-bond donors (Lipinski definition) is 1. The number of nitrogens with two attached hydrogens (primary N) is 1. The maximum atomic E-state index is 9.79. The molecule has 0 spiro atoms. The number of piperidine rings is 1. The molecule has 1 aromatic carbocycles. The van der Waals surface area contributed by atoms with Crippen LogP contribution >= 0.6 is 0 Å². The van der Waals surface area contributed by atoms with Crippen LogP contribution in [0.15, 0.2) is 35.7 Å². The molecule has 3 aliphatic rings. The lowest BCUT2D eigenvalue weighted by atomic mass is 9.84. The van der Waals surface area contributed by atoms with Crippen molar-refractivity contribution in [2.75, 3.05) is 18.0 Å². The number of hydrogen-bond acceptors (Lipinski definition) is 5. The van der Waals surface area contributed by atoms with Gasteiger partial charge in [0.2, 0.25) is 11.8 Å². The molecule has 0 radical (unpaired) electrons. The largest absolute Gasteiger partial charge is 0.422 e. The van der Waals surface area contributed by atoms with Gasteiger partial charge in [0.1, 0.15) is 11.6 Å². The van der Waals surface area contributed by atoms with Crippen LogP contribution in [-0.2, 0) is 0 Å². The number of aromatic nitrogens is 2. The van der Waals surface area contributed by atoms with Gasteiger partial charge >= 0.3 is 0 Å². The summed E-state index contributed by atoms with van der Waals surface area (Å²) in [6, 6.07) is 11.3. The summed E-state index contributed by atoms with van der Waals surface area (Å²) < 4.78 is 7.85. The van der Waals surface area contributed by atoms with Crippen molar-refractivity contribution >= 4 is 5.69 Å². The molecule has 2 aromatic rings. The standard InChI is InChI=1S/C22H25N5O/c1-14-19-20(15-5-7-16(8-6-15)26-11-3-2-4-12-26)18(13-23)21(24)28-22(19)27(25-14)17-9-10-17/h5-8,17,20H,2-4,9-12,24H2,1H3. The number of allylic oxidation sites excluding steroid dienone is 1. The minimum Gasteiger partial charge on any atom is -0.422 e. The summed E-state index contributed by atoms with van der Waals surface area (Å²) in [5.74, 6) is 0.681. The van der Waals surface area contributed by atoms with Crippen LogP contribution in [0.2, 0.25) is 0 Å². The van der Waals surface area contributed by atoms with E-state index in [1.165, 1.54) is 24.9 Å². The summed E-state index contributed by atoms with van der Waals surface area (Å²) in [7, 11) is 0. The van der Waals surface area contributed by atoms with E-state index < -0.39 is 0 Å². The number of ether oxygens (including phenoxy) is 1. The lowest BCUT2D eigenvalue weighted by molar-refractivity contribution is 0.347. The molecule has 28 heavy (non-hydrogen) atoms. The van der Waals surface area contributed by atoms with Crippen molar-refractivity contribution in [3.8, 4) is 11.9 Å². The fourth-order valence-corrected chi connectivity index (χ4v) is 4.47. The third-order valence-electron chi connectivity index (χ3n) is 6.10. The summed E-state index contributed by atoms with van der Waals surface area (Å²) in [4.78, 5) is 2.44. The molecular formula is C22H25N5O. The minimum absolute atomic E-state index is 0.196. The second-order valence-corrected chi connectivity index (χ2v) is 8.04. The Morgan fingerprint density at radius 2 is 1.86 bits per heavy atom. The Hall–Kier alpha value is -2.94. The molecule has 2 fully saturated rings. The maximum Gasteiger partial charge on any atom is 0.224 e. The van der Waals surface area contributed by atoms with Gasteiger partial charge < -0.3 is 15.4 Å². The lowest BCUT2D eigenvalue weighted by Gasteiger charge is -2.29. The molecule has 0 bridgehead atoms. The van der Waals surface area contributed by atoms with E-state index in [0.29, 0.717) is 17.5 Å². The molecule has 144 valence electrons. The number of nitrogens with zero attached hydrogens (tertiary/aromatic N) is 4. The molecule has 5 rings (SSSR count). The van der Waals surface area contributed by atoms with Crippen molar-refractivity contribution in [2.24, 2.45) is 5.73 Å². The van der Waals surface area contributed by atoms with Gasteiger partial charge in [-0.3, -0.25) is 0 Å². The van der Waals surface area contributed by atoms with Gasteiger partial charge in [-0.05, 0) is 56.7 Å². The molecule has 1 atom stereocenters. The van der Waals surface area contributed by atoms with E-state index in [4.69, 9.17) is 15.6 Å². The highest BCUT2D eigenvalue weighted by Gasteiger charge is 2.39. The molecule has 0 amide bonds. The van der Waals surface area contributed by atoms with Gasteiger partial charge in [-0.1, -0.05) is 12.1 Å². The number of benzene rings is 1. The molecule has 6 heteroatoms. The zero-order valence-corrected chi connectivity index (χ0v) is 16.2. The molecule has 2 aliphatic heterocycles. The van der Waals surface area contributed by atoms with Crippen LogP contribution in [0.4, 0.5) is 5.69 Å². The number of rotatable bonds is 3.